The molecule has 1 aromatic heterocycles. The summed E-state index contributed by atoms with van der Waals surface area (Å²) in [5, 5.41) is 6.13. The molecule has 39 heavy (non-hydrogen) atoms. The van der Waals surface area contributed by atoms with Gasteiger partial charge in [-0.25, -0.2) is 4.57 Å². The number of carbonyl (C=O) groups is 2. The number of aromatic nitrogens is 1. The zero-order chi connectivity index (χ0) is 27.7. The van der Waals surface area contributed by atoms with E-state index in [1.165, 1.54) is 96.3 Å². The molecule has 0 aliphatic heterocycles. The van der Waals surface area contributed by atoms with Crippen LogP contribution in [0.1, 0.15) is 148 Å². The van der Waals surface area contributed by atoms with Gasteiger partial charge in [-0.3, -0.25) is 9.59 Å². The first-order chi connectivity index (χ1) is 18.6. The smallest absolute Gasteiger partial charge is 0.242 e. The van der Waals surface area contributed by atoms with Gasteiger partial charge in [0, 0.05) is 31.5 Å². The lowest BCUT2D eigenvalue weighted by Gasteiger charge is -2.18. The number of unbranched alkanes of at least 4 members (excludes halogenated alkanes) is 17. The number of nitrogens with one attached hydrogen (secondary N) is 2. The monoisotopic (exact) mass is 565 g/mol. The summed E-state index contributed by atoms with van der Waals surface area (Å²) in [6.45, 7) is 5.19. The lowest BCUT2D eigenvalue weighted by atomic mass is 10.0. The molecular weight excluding hydrogens is 506 g/mol. The summed E-state index contributed by atoms with van der Waals surface area (Å²) >= 11 is 0. The Morgan fingerprint density at radius 2 is 1.13 bits per heavy atom. The van der Waals surface area contributed by atoms with E-state index in [0.29, 0.717) is 19.4 Å². The highest BCUT2D eigenvalue weighted by Gasteiger charge is 2.21. The number of rotatable bonds is 25. The SMILES string of the molecule is CCCCCCCCCCCCNC(=O)C(Cc1cc[n+](C)cc1)NC(=O)CCCCCCCCCCC.[Cl-]. The van der Waals surface area contributed by atoms with Crippen molar-refractivity contribution in [2.45, 2.75) is 155 Å². The Labute approximate surface area is 247 Å². The Balaban J connectivity index is 0.0000144. The summed E-state index contributed by atoms with van der Waals surface area (Å²) in [5.74, 6) is -0.0666. The third kappa shape index (κ3) is 21.8. The van der Waals surface area contributed by atoms with Crippen LogP contribution in [0.3, 0.4) is 0 Å². The van der Waals surface area contributed by atoms with E-state index in [2.05, 4.69) is 24.5 Å². The number of halogens is 1. The highest BCUT2D eigenvalue weighted by molar-refractivity contribution is 5.87. The molecule has 0 saturated carbocycles. The predicted molar refractivity (Wildman–Crippen MR) is 160 cm³/mol. The summed E-state index contributed by atoms with van der Waals surface area (Å²) in [6, 6.07) is 3.53. The van der Waals surface area contributed by atoms with E-state index in [4.69, 9.17) is 0 Å². The van der Waals surface area contributed by atoms with E-state index < -0.39 is 6.04 Å². The van der Waals surface area contributed by atoms with E-state index in [0.717, 1.165) is 31.2 Å². The maximum absolute atomic E-state index is 13.0. The lowest BCUT2D eigenvalue weighted by Crippen LogP contribution is -3.00. The van der Waals surface area contributed by atoms with Crippen LogP contribution >= 0.6 is 0 Å². The third-order valence-electron chi connectivity index (χ3n) is 7.48. The minimum absolute atomic E-state index is 0. The van der Waals surface area contributed by atoms with E-state index in [1.807, 2.05) is 36.1 Å². The topological polar surface area (TPSA) is 62.1 Å². The van der Waals surface area contributed by atoms with Crippen LogP contribution in [0.15, 0.2) is 24.5 Å². The molecule has 0 fully saturated rings. The van der Waals surface area contributed by atoms with Crippen molar-refractivity contribution in [1.29, 1.82) is 0 Å². The second-order valence-electron chi connectivity index (χ2n) is 11.2. The average molecular weight is 566 g/mol. The van der Waals surface area contributed by atoms with Crippen LogP contribution in [0.4, 0.5) is 0 Å². The third-order valence-corrected chi connectivity index (χ3v) is 7.48. The number of nitrogens with zero attached hydrogens (tertiary/aromatic N) is 1. The number of carbonyl (C=O) groups excluding carboxylic acids is 2. The molecule has 6 heteroatoms. The lowest BCUT2D eigenvalue weighted by molar-refractivity contribution is -0.671. The fourth-order valence-electron chi connectivity index (χ4n) is 4.92. The van der Waals surface area contributed by atoms with Gasteiger partial charge in [-0.05, 0) is 18.4 Å². The van der Waals surface area contributed by atoms with Crippen LogP contribution < -0.4 is 27.6 Å². The summed E-state index contributed by atoms with van der Waals surface area (Å²) in [7, 11) is 1.98. The van der Waals surface area contributed by atoms with Crippen molar-refractivity contribution in [2.24, 2.45) is 7.05 Å². The first-order valence-electron chi connectivity index (χ1n) is 16.1. The zero-order valence-electron chi connectivity index (χ0n) is 25.6. The largest absolute Gasteiger partial charge is 1.00 e. The van der Waals surface area contributed by atoms with Crippen molar-refractivity contribution < 1.29 is 26.6 Å². The van der Waals surface area contributed by atoms with Crippen LogP contribution in [-0.2, 0) is 23.1 Å². The van der Waals surface area contributed by atoms with E-state index in [1.54, 1.807) is 0 Å². The predicted octanol–water partition coefficient (Wildman–Crippen LogP) is 4.50. The standard InChI is InChI=1S/C33H59N3O2.ClH/c1-4-6-8-10-12-14-16-18-20-22-26-34-33(38)31(29-30-24-27-36(3)28-25-30)35-32(37)23-21-19-17-15-13-11-9-7-5-2;/h24-25,27-28,31H,4-23,26,29H2,1-3H3,(H-,34,35,37,38);1H. The molecule has 2 N–H and O–H groups in total. The van der Waals surface area contributed by atoms with Crippen LogP contribution in [-0.4, -0.2) is 24.4 Å². The Morgan fingerprint density at radius 1 is 0.692 bits per heavy atom. The number of hydrogen-bond acceptors (Lipinski definition) is 2. The number of amides is 2. The second kappa shape index (κ2) is 26.6. The molecule has 5 nitrogen and oxygen atoms in total. The molecule has 0 spiro atoms. The van der Waals surface area contributed by atoms with Crippen molar-refractivity contribution in [3.05, 3.63) is 30.1 Å². The summed E-state index contributed by atoms with van der Waals surface area (Å²) < 4.78 is 1.98. The molecule has 1 atom stereocenters. The normalized spacial score (nSPS) is 11.6. The van der Waals surface area contributed by atoms with Gasteiger partial charge in [-0.1, -0.05) is 123 Å². The molecule has 0 saturated heterocycles. The van der Waals surface area contributed by atoms with E-state index in [-0.39, 0.29) is 24.2 Å². The zero-order valence-corrected chi connectivity index (χ0v) is 26.3. The number of hydrogen-bond donors (Lipinski definition) is 2. The molecule has 2 amide bonds. The molecule has 0 aromatic carbocycles. The van der Waals surface area contributed by atoms with Gasteiger partial charge in [-0.2, -0.15) is 0 Å². The van der Waals surface area contributed by atoms with Gasteiger partial charge >= 0.3 is 0 Å². The highest BCUT2D eigenvalue weighted by Crippen LogP contribution is 2.12. The van der Waals surface area contributed by atoms with Gasteiger partial charge in [0.2, 0.25) is 11.8 Å². The molecular formula is C33H60ClN3O2. The molecule has 1 rings (SSSR count). The molecule has 1 aromatic rings. The molecule has 0 bridgehead atoms. The fourth-order valence-corrected chi connectivity index (χ4v) is 4.92. The van der Waals surface area contributed by atoms with Gasteiger partial charge < -0.3 is 23.0 Å². The fraction of sp³-hybridized carbons (Fsp3) is 0.788. The van der Waals surface area contributed by atoms with Crippen molar-refractivity contribution >= 4 is 11.8 Å². The van der Waals surface area contributed by atoms with Crippen molar-refractivity contribution in [3.63, 3.8) is 0 Å². The van der Waals surface area contributed by atoms with Crippen molar-refractivity contribution in [3.8, 4) is 0 Å². The molecule has 0 aliphatic rings. The minimum atomic E-state index is -0.517. The maximum atomic E-state index is 13.0. The Bertz CT molecular complexity index is 711. The van der Waals surface area contributed by atoms with E-state index >= 15 is 0 Å². The van der Waals surface area contributed by atoms with Crippen LogP contribution in [0.2, 0.25) is 0 Å². The van der Waals surface area contributed by atoms with Crippen LogP contribution in [0, 0.1) is 0 Å². The first-order valence-corrected chi connectivity index (χ1v) is 16.1. The minimum Gasteiger partial charge on any atom is -1.00 e. The van der Waals surface area contributed by atoms with Gasteiger partial charge in [0.05, 0.1) is 0 Å². The highest BCUT2D eigenvalue weighted by atomic mass is 35.5. The quantitative estimate of drug-likeness (QED) is 0.135. The van der Waals surface area contributed by atoms with Crippen LogP contribution in [0.5, 0.6) is 0 Å². The Hall–Kier alpha value is -1.62. The number of pyridine rings is 1. The Morgan fingerprint density at radius 3 is 1.62 bits per heavy atom. The summed E-state index contributed by atoms with van der Waals surface area (Å²) in [5.41, 5.74) is 1.06. The average Bonchev–Trinajstić information content (AvgIpc) is 2.91. The molecule has 226 valence electrons. The number of aryl methyl sites for hydroxylation is 1. The van der Waals surface area contributed by atoms with Crippen LogP contribution in [0.25, 0.3) is 0 Å². The second-order valence-corrected chi connectivity index (χ2v) is 11.2. The molecule has 1 unspecified atom stereocenters. The van der Waals surface area contributed by atoms with E-state index in [9.17, 15) is 9.59 Å². The molecule has 0 radical (unpaired) electrons. The first kappa shape index (κ1) is 37.4. The Kier molecular flexibility index (Phi) is 25.5. The van der Waals surface area contributed by atoms with Crippen molar-refractivity contribution in [2.75, 3.05) is 6.54 Å². The maximum Gasteiger partial charge on any atom is 0.242 e. The van der Waals surface area contributed by atoms with Gasteiger partial charge in [0.1, 0.15) is 13.1 Å². The van der Waals surface area contributed by atoms with Crippen molar-refractivity contribution in [1.82, 2.24) is 10.6 Å². The van der Waals surface area contributed by atoms with Gasteiger partial charge in [0.25, 0.3) is 0 Å². The van der Waals surface area contributed by atoms with Gasteiger partial charge in [0.15, 0.2) is 12.4 Å². The molecule has 1 heterocycles. The molecule has 0 aliphatic carbocycles. The summed E-state index contributed by atoms with van der Waals surface area (Å²) in [4.78, 5) is 25.7. The summed E-state index contributed by atoms with van der Waals surface area (Å²) in [6.07, 6.45) is 28.9. The van der Waals surface area contributed by atoms with Gasteiger partial charge in [-0.15, -0.1) is 0 Å².